The Bertz CT molecular complexity index is 1170. The number of carbonyl (C=O) groups is 2. The van der Waals surface area contributed by atoms with E-state index in [0.717, 1.165) is 24.4 Å². The van der Waals surface area contributed by atoms with Gasteiger partial charge in [0.05, 0.1) is 18.0 Å². The van der Waals surface area contributed by atoms with E-state index in [0.29, 0.717) is 42.9 Å². The summed E-state index contributed by atoms with van der Waals surface area (Å²) >= 11 is 1.37. The van der Waals surface area contributed by atoms with Crippen LogP contribution in [0.2, 0.25) is 0 Å². The molecule has 2 aliphatic rings. The summed E-state index contributed by atoms with van der Waals surface area (Å²) < 4.78 is 14.9. The number of amides is 2. The van der Waals surface area contributed by atoms with Crippen LogP contribution in [0, 0.1) is 5.82 Å². The van der Waals surface area contributed by atoms with Crippen LogP contribution in [-0.4, -0.2) is 74.9 Å². The first-order valence-electron chi connectivity index (χ1n) is 11.8. The molecule has 3 aromatic rings. The van der Waals surface area contributed by atoms with Crippen molar-refractivity contribution in [2.24, 2.45) is 0 Å². The van der Waals surface area contributed by atoms with Gasteiger partial charge in [0.25, 0.3) is 0 Å². The number of piperazine rings is 1. The van der Waals surface area contributed by atoms with Crippen molar-refractivity contribution in [2.75, 3.05) is 43.8 Å². The smallest absolute Gasteiger partial charge is 0.238 e. The van der Waals surface area contributed by atoms with Crippen LogP contribution in [-0.2, 0) is 9.59 Å². The summed E-state index contributed by atoms with van der Waals surface area (Å²) in [5.41, 5.74) is 1.55. The van der Waals surface area contributed by atoms with Crippen LogP contribution in [0.15, 0.2) is 59.8 Å². The normalized spacial score (nSPS) is 16.3. The summed E-state index contributed by atoms with van der Waals surface area (Å²) in [6.45, 7) is 2.63. The van der Waals surface area contributed by atoms with Gasteiger partial charge in [-0.1, -0.05) is 30.0 Å². The molecule has 10 heteroatoms. The van der Waals surface area contributed by atoms with Crippen LogP contribution in [0.3, 0.4) is 0 Å². The molecule has 0 bridgehead atoms. The third kappa shape index (κ3) is 6.07. The molecule has 35 heavy (non-hydrogen) atoms. The standard InChI is InChI=1S/C25H27FN6O2S/c26-19-8-10-20(11-9-19)27-22(33)16-30-12-14-31(15-13-30)23(34)17-35-25-28-24(18-6-7-18)32(29-25)21-4-2-1-3-5-21/h1-5,8-11,18H,6-7,12-17H2,(H,27,33). The predicted octanol–water partition coefficient (Wildman–Crippen LogP) is 3.16. The fourth-order valence-corrected chi connectivity index (χ4v) is 4.77. The van der Waals surface area contributed by atoms with Crippen molar-refractivity contribution in [3.8, 4) is 5.69 Å². The zero-order chi connectivity index (χ0) is 24.2. The van der Waals surface area contributed by atoms with Crippen LogP contribution in [0.1, 0.15) is 24.6 Å². The fraction of sp³-hybridized carbons (Fsp3) is 0.360. The maximum Gasteiger partial charge on any atom is 0.238 e. The Morgan fingerprint density at radius 2 is 1.71 bits per heavy atom. The van der Waals surface area contributed by atoms with E-state index in [1.54, 1.807) is 0 Å². The van der Waals surface area contributed by atoms with Gasteiger partial charge in [-0.25, -0.2) is 14.1 Å². The predicted molar refractivity (Wildman–Crippen MR) is 132 cm³/mol. The van der Waals surface area contributed by atoms with E-state index in [4.69, 9.17) is 4.98 Å². The Morgan fingerprint density at radius 1 is 1.00 bits per heavy atom. The number of carbonyl (C=O) groups excluding carboxylic acids is 2. The van der Waals surface area contributed by atoms with Crippen molar-refractivity contribution in [1.82, 2.24) is 24.6 Å². The highest BCUT2D eigenvalue weighted by molar-refractivity contribution is 7.99. The van der Waals surface area contributed by atoms with E-state index in [1.807, 2.05) is 44.8 Å². The maximum absolute atomic E-state index is 13.0. The van der Waals surface area contributed by atoms with E-state index in [-0.39, 0.29) is 29.9 Å². The molecule has 1 aliphatic carbocycles. The number of rotatable bonds is 8. The first-order valence-corrected chi connectivity index (χ1v) is 12.7. The minimum atomic E-state index is -0.342. The highest BCUT2D eigenvalue weighted by Crippen LogP contribution is 2.40. The summed E-state index contributed by atoms with van der Waals surface area (Å²) in [5.74, 6) is 1.26. The number of nitrogens with one attached hydrogen (secondary N) is 1. The highest BCUT2D eigenvalue weighted by Gasteiger charge is 2.31. The molecule has 5 rings (SSSR count). The number of hydrogen-bond donors (Lipinski definition) is 1. The highest BCUT2D eigenvalue weighted by atomic mass is 32.2. The molecule has 0 radical (unpaired) electrons. The summed E-state index contributed by atoms with van der Waals surface area (Å²) in [7, 11) is 0. The summed E-state index contributed by atoms with van der Waals surface area (Å²) in [5, 5.41) is 8.06. The minimum Gasteiger partial charge on any atom is -0.339 e. The topological polar surface area (TPSA) is 83.4 Å². The Balaban J connectivity index is 1.09. The van der Waals surface area contributed by atoms with Gasteiger partial charge in [0, 0.05) is 37.8 Å². The van der Waals surface area contributed by atoms with Gasteiger partial charge in [0.1, 0.15) is 11.6 Å². The second-order valence-corrected chi connectivity index (χ2v) is 9.72. The zero-order valence-corrected chi connectivity index (χ0v) is 20.1. The number of aromatic nitrogens is 3. The Morgan fingerprint density at radius 3 is 2.40 bits per heavy atom. The number of anilines is 1. The van der Waals surface area contributed by atoms with Crippen LogP contribution in [0.4, 0.5) is 10.1 Å². The van der Waals surface area contributed by atoms with E-state index in [1.165, 1.54) is 36.0 Å². The SMILES string of the molecule is O=C(CN1CCN(C(=O)CSc2nc(C3CC3)n(-c3ccccc3)n2)CC1)Nc1ccc(F)cc1. The molecule has 2 aromatic carbocycles. The lowest BCUT2D eigenvalue weighted by Gasteiger charge is -2.34. The van der Waals surface area contributed by atoms with Gasteiger partial charge in [-0.15, -0.1) is 5.10 Å². The lowest BCUT2D eigenvalue weighted by molar-refractivity contribution is -0.130. The van der Waals surface area contributed by atoms with E-state index in [2.05, 4.69) is 10.4 Å². The number of hydrogen-bond acceptors (Lipinski definition) is 6. The molecule has 2 heterocycles. The van der Waals surface area contributed by atoms with Crippen LogP contribution in [0.25, 0.3) is 5.69 Å². The molecule has 1 aliphatic heterocycles. The second-order valence-electron chi connectivity index (χ2n) is 8.77. The Hall–Kier alpha value is -3.24. The molecule has 1 N–H and O–H groups in total. The molecule has 8 nitrogen and oxygen atoms in total. The summed E-state index contributed by atoms with van der Waals surface area (Å²) in [6.07, 6.45) is 2.25. The van der Waals surface area contributed by atoms with Crippen molar-refractivity contribution in [1.29, 1.82) is 0 Å². The largest absolute Gasteiger partial charge is 0.339 e. The number of halogens is 1. The van der Waals surface area contributed by atoms with Crippen molar-refractivity contribution >= 4 is 29.3 Å². The average molecular weight is 495 g/mol. The van der Waals surface area contributed by atoms with Crippen molar-refractivity contribution in [3.63, 3.8) is 0 Å². The minimum absolute atomic E-state index is 0.0504. The van der Waals surface area contributed by atoms with E-state index >= 15 is 0 Å². The van der Waals surface area contributed by atoms with Crippen LogP contribution < -0.4 is 5.32 Å². The first-order chi connectivity index (χ1) is 17.0. The molecule has 0 unspecified atom stereocenters. The van der Waals surface area contributed by atoms with Crippen molar-refractivity contribution in [3.05, 3.63) is 66.2 Å². The van der Waals surface area contributed by atoms with Crippen LogP contribution in [0.5, 0.6) is 0 Å². The first kappa shape index (κ1) is 23.5. The molecule has 182 valence electrons. The van der Waals surface area contributed by atoms with Gasteiger partial charge < -0.3 is 10.2 Å². The van der Waals surface area contributed by atoms with Gasteiger partial charge in [-0.2, -0.15) is 0 Å². The number of nitrogens with zero attached hydrogens (tertiary/aromatic N) is 5. The van der Waals surface area contributed by atoms with E-state index in [9.17, 15) is 14.0 Å². The van der Waals surface area contributed by atoms with Gasteiger partial charge >= 0.3 is 0 Å². The molecule has 0 atom stereocenters. The molecule has 2 amide bonds. The third-order valence-electron chi connectivity index (χ3n) is 6.10. The molecular formula is C25H27FN6O2S. The van der Waals surface area contributed by atoms with Gasteiger partial charge in [-0.05, 0) is 49.2 Å². The summed E-state index contributed by atoms with van der Waals surface area (Å²) in [6, 6.07) is 15.7. The molecule has 0 spiro atoms. The molecule has 1 saturated carbocycles. The number of benzene rings is 2. The second kappa shape index (κ2) is 10.6. The molecule has 1 saturated heterocycles. The van der Waals surface area contributed by atoms with Crippen molar-refractivity contribution in [2.45, 2.75) is 23.9 Å². The average Bonchev–Trinajstić information content (AvgIpc) is 3.64. The maximum atomic E-state index is 13.0. The monoisotopic (exact) mass is 494 g/mol. The number of para-hydroxylation sites is 1. The Labute approximate surface area is 207 Å². The third-order valence-corrected chi connectivity index (χ3v) is 6.92. The van der Waals surface area contributed by atoms with Gasteiger partial charge in [0.2, 0.25) is 17.0 Å². The molecule has 1 aromatic heterocycles. The molecule has 2 fully saturated rings. The van der Waals surface area contributed by atoms with E-state index < -0.39 is 0 Å². The Kier molecular flexibility index (Phi) is 7.10. The lowest BCUT2D eigenvalue weighted by atomic mass is 10.3. The van der Waals surface area contributed by atoms with Gasteiger partial charge in [0.15, 0.2) is 0 Å². The number of thioether (sulfide) groups is 1. The quantitative estimate of drug-likeness (QED) is 0.485. The van der Waals surface area contributed by atoms with Gasteiger partial charge in [-0.3, -0.25) is 14.5 Å². The summed E-state index contributed by atoms with van der Waals surface area (Å²) in [4.78, 5) is 33.6. The lowest BCUT2D eigenvalue weighted by Crippen LogP contribution is -2.50. The molecular weight excluding hydrogens is 467 g/mol. The van der Waals surface area contributed by atoms with Crippen LogP contribution >= 0.6 is 11.8 Å². The van der Waals surface area contributed by atoms with Crippen molar-refractivity contribution < 1.29 is 14.0 Å². The fourth-order valence-electron chi connectivity index (χ4n) is 4.04. The zero-order valence-electron chi connectivity index (χ0n) is 19.3.